The first-order chi connectivity index (χ1) is 11.7. The summed E-state index contributed by atoms with van der Waals surface area (Å²) in [6.45, 7) is 31.5. The fraction of sp³-hybridized carbons (Fsp3) is 0.391. The standard InChI is InChI=1S/C11H14O.2C3H6.3C2H6/c1-4-7-9-11(8-5-2)12-10-6-3;2*1-3-2;3*1-2/h4-10H,1-2H2,3H3;2*3H,1H2,2H3;3*1-2H3/b9-7-,10-6+,11-8+;;;;;. The Morgan fingerprint density at radius 3 is 1.33 bits per heavy atom. The molecule has 1 nitrogen and oxygen atoms in total. The van der Waals surface area contributed by atoms with Crippen LogP contribution in [0.5, 0.6) is 0 Å². The molecule has 0 aliphatic heterocycles. The Morgan fingerprint density at radius 1 is 0.708 bits per heavy atom. The zero-order valence-corrected chi connectivity index (χ0v) is 17.9. The maximum Gasteiger partial charge on any atom is 0.126 e. The second-order valence-electron chi connectivity index (χ2n) is 2.80. The Labute approximate surface area is 154 Å². The van der Waals surface area contributed by atoms with Crippen LogP contribution in [0.1, 0.15) is 62.3 Å². The fourth-order valence-corrected chi connectivity index (χ4v) is 0.560. The summed E-state index contributed by atoms with van der Waals surface area (Å²) >= 11 is 0. The molecule has 0 unspecified atom stereocenters. The summed E-state index contributed by atoms with van der Waals surface area (Å²) in [5, 5.41) is 0. The van der Waals surface area contributed by atoms with Crippen LogP contribution in [-0.4, -0.2) is 0 Å². The summed E-state index contributed by atoms with van der Waals surface area (Å²) in [6.07, 6.45) is 15.7. The van der Waals surface area contributed by atoms with E-state index in [1.807, 2.05) is 74.5 Å². The van der Waals surface area contributed by atoms with Crippen molar-refractivity contribution in [2.45, 2.75) is 62.3 Å². The topological polar surface area (TPSA) is 9.23 Å². The molecule has 0 aromatic rings. The molecule has 142 valence electrons. The van der Waals surface area contributed by atoms with Crippen LogP contribution in [0.4, 0.5) is 0 Å². The van der Waals surface area contributed by atoms with Crippen molar-refractivity contribution in [1.82, 2.24) is 0 Å². The third-order valence-corrected chi connectivity index (χ3v) is 1.02. The van der Waals surface area contributed by atoms with Crippen molar-refractivity contribution in [3.05, 3.63) is 86.9 Å². The number of rotatable bonds is 5. The highest BCUT2D eigenvalue weighted by Gasteiger charge is 1.84. The highest BCUT2D eigenvalue weighted by molar-refractivity contribution is 5.20. The third-order valence-electron chi connectivity index (χ3n) is 1.02. The fourth-order valence-electron chi connectivity index (χ4n) is 0.560. The SMILES string of the molecule is C=C/C=C\C(=C/C=C)O/C=C/C.C=CC.C=CC.CC.CC.CC. The Kier molecular flexibility index (Phi) is 110. The van der Waals surface area contributed by atoms with Gasteiger partial charge in [0, 0.05) is 0 Å². The van der Waals surface area contributed by atoms with Crippen LogP contribution < -0.4 is 0 Å². The molecule has 0 aromatic carbocycles. The van der Waals surface area contributed by atoms with Gasteiger partial charge in [0.25, 0.3) is 0 Å². The van der Waals surface area contributed by atoms with Gasteiger partial charge < -0.3 is 4.74 Å². The average molecular weight is 337 g/mol. The lowest BCUT2D eigenvalue weighted by Crippen LogP contribution is -1.78. The number of allylic oxidation sites excluding steroid dienone is 8. The van der Waals surface area contributed by atoms with Gasteiger partial charge in [0.2, 0.25) is 0 Å². The minimum Gasteiger partial charge on any atom is -0.465 e. The van der Waals surface area contributed by atoms with Crippen LogP contribution in [0, 0.1) is 0 Å². The number of ether oxygens (including phenoxy) is 1. The molecule has 0 bridgehead atoms. The summed E-state index contributed by atoms with van der Waals surface area (Å²) in [6, 6.07) is 0. The molecule has 0 aromatic heterocycles. The highest BCUT2D eigenvalue weighted by atomic mass is 16.5. The third kappa shape index (κ3) is 89.3. The zero-order chi connectivity index (χ0) is 20.6. The summed E-state index contributed by atoms with van der Waals surface area (Å²) in [7, 11) is 0. The highest BCUT2D eigenvalue weighted by Crippen LogP contribution is 2.00. The van der Waals surface area contributed by atoms with E-state index in [2.05, 4.69) is 26.3 Å². The van der Waals surface area contributed by atoms with Gasteiger partial charge in [0.05, 0.1) is 6.26 Å². The van der Waals surface area contributed by atoms with E-state index in [9.17, 15) is 0 Å². The van der Waals surface area contributed by atoms with E-state index in [1.54, 1.807) is 42.7 Å². The Bertz CT molecular complexity index is 285. The van der Waals surface area contributed by atoms with Crippen LogP contribution in [-0.2, 0) is 4.74 Å². The lowest BCUT2D eigenvalue weighted by Gasteiger charge is -1.97. The normalized spacial score (nSPS) is 7.96. The molecule has 0 spiro atoms. The van der Waals surface area contributed by atoms with Gasteiger partial charge in [-0.3, -0.25) is 0 Å². The van der Waals surface area contributed by atoms with Crippen LogP contribution in [0.15, 0.2) is 86.9 Å². The van der Waals surface area contributed by atoms with Crippen molar-refractivity contribution in [2.75, 3.05) is 0 Å². The van der Waals surface area contributed by atoms with E-state index >= 15 is 0 Å². The molecule has 0 fully saturated rings. The lowest BCUT2D eigenvalue weighted by molar-refractivity contribution is 0.368. The van der Waals surface area contributed by atoms with Crippen molar-refractivity contribution in [2.24, 2.45) is 0 Å². The van der Waals surface area contributed by atoms with Gasteiger partial charge >= 0.3 is 0 Å². The zero-order valence-electron chi connectivity index (χ0n) is 17.9. The second-order valence-corrected chi connectivity index (χ2v) is 2.80. The van der Waals surface area contributed by atoms with Gasteiger partial charge in [-0.25, -0.2) is 0 Å². The molecule has 0 amide bonds. The van der Waals surface area contributed by atoms with E-state index in [4.69, 9.17) is 4.74 Å². The van der Waals surface area contributed by atoms with Gasteiger partial charge in [0.1, 0.15) is 5.76 Å². The van der Waals surface area contributed by atoms with E-state index < -0.39 is 0 Å². The van der Waals surface area contributed by atoms with Gasteiger partial charge in [-0.2, -0.15) is 0 Å². The molecule has 0 rings (SSSR count). The Balaban J connectivity index is -0.0000000560. The first kappa shape index (κ1) is 37.9. The maximum absolute atomic E-state index is 5.21. The summed E-state index contributed by atoms with van der Waals surface area (Å²) in [4.78, 5) is 0. The number of hydrogen-bond donors (Lipinski definition) is 0. The minimum atomic E-state index is 0.739. The van der Waals surface area contributed by atoms with Gasteiger partial charge in [0.15, 0.2) is 0 Å². The van der Waals surface area contributed by atoms with Crippen molar-refractivity contribution >= 4 is 0 Å². The Morgan fingerprint density at radius 2 is 1.08 bits per heavy atom. The molecule has 0 N–H and O–H groups in total. The van der Waals surface area contributed by atoms with Crippen LogP contribution in [0.2, 0.25) is 0 Å². The second kappa shape index (κ2) is 69.5. The van der Waals surface area contributed by atoms with E-state index in [1.165, 1.54) is 0 Å². The predicted molar refractivity (Wildman–Crippen MR) is 119 cm³/mol. The van der Waals surface area contributed by atoms with Crippen LogP contribution >= 0.6 is 0 Å². The van der Waals surface area contributed by atoms with Gasteiger partial charge in [-0.1, -0.05) is 91.2 Å². The smallest absolute Gasteiger partial charge is 0.126 e. The first-order valence-electron chi connectivity index (χ1n) is 8.72. The molecule has 0 saturated carbocycles. The first-order valence-corrected chi connectivity index (χ1v) is 8.72. The monoisotopic (exact) mass is 336 g/mol. The molecule has 1 heteroatoms. The average Bonchev–Trinajstić information content (AvgIpc) is 2.64. The van der Waals surface area contributed by atoms with Crippen molar-refractivity contribution in [3.63, 3.8) is 0 Å². The Hall–Kier alpha value is -2.02. The summed E-state index contributed by atoms with van der Waals surface area (Å²) < 4.78 is 5.21. The largest absolute Gasteiger partial charge is 0.465 e. The van der Waals surface area contributed by atoms with Crippen molar-refractivity contribution in [3.8, 4) is 0 Å². The van der Waals surface area contributed by atoms with Crippen LogP contribution in [0.25, 0.3) is 0 Å². The number of hydrogen-bond acceptors (Lipinski definition) is 1. The van der Waals surface area contributed by atoms with Crippen molar-refractivity contribution in [1.29, 1.82) is 0 Å². The molecule has 0 saturated heterocycles. The van der Waals surface area contributed by atoms with E-state index in [0.29, 0.717) is 0 Å². The van der Waals surface area contributed by atoms with Crippen LogP contribution in [0.3, 0.4) is 0 Å². The molecular formula is C23H44O. The quantitative estimate of drug-likeness (QED) is 0.277. The van der Waals surface area contributed by atoms with Gasteiger partial charge in [-0.15, -0.1) is 13.2 Å². The summed E-state index contributed by atoms with van der Waals surface area (Å²) in [5.74, 6) is 0.739. The van der Waals surface area contributed by atoms with Crippen molar-refractivity contribution < 1.29 is 4.74 Å². The molecule has 0 heterocycles. The maximum atomic E-state index is 5.21. The lowest BCUT2D eigenvalue weighted by atomic mass is 10.4. The molecule has 0 aliphatic carbocycles. The molecular weight excluding hydrogens is 292 g/mol. The molecule has 0 aliphatic rings. The predicted octanol–water partition coefficient (Wildman–Crippen LogP) is 8.81. The van der Waals surface area contributed by atoms with Gasteiger partial charge in [-0.05, 0) is 32.9 Å². The molecule has 0 atom stereocenters. The van der Waals surface area contributed by atoms with E-state index in [-0.39, 0.29) is 0 Å². The van der Waals surface area contributed by atoms with E-state index in [0.717, 1.165) is 5.76 Å². The molecule has 0 radical (unpaired) electrons. The molecule has 24 heavy (non-hydrogen) atoms. The summed E-state index contributed by atoms with van der Waals surface area (Å²) in [5.41, 5.74) is 0. The minimum absolute atomic E-state index is 0.739.